The number of hydrogen-bond donors (Lipinski definition) is 0. The molecule has 7 nitrogen and oxygen atoms in total. The number of hydrogen-bond acceptors (Lipinski definition) is 5. The van der Waals surface area contributed by atoms with Crippen molar-refractivity contribution in [1.82, 2.24) is 9.21 Å². The van der Waals surface area contributed by atoms with E-state index in [-0.39, 0.29) is 31.8 Å². The fourth-order valence-corrected chi connectivity index (χ4v) is 5.70. The summed E-state index contributed by atoms with van der Waals surface area (Å²) in [5.74, 6) is -1.35. The largest absolute Gasteiger partial charge is 0.452 e. The quantitative estimate of drug-likeness (QED) is 0.591. The molecule has 2 aliphatic rings. The molecule has 0 radical (unpaired) electrons. The van der Waals surface area contributed by atoms with Crippen molar-refractivity contribution in [2.75, 3.05) is 26.2 Å². The van der Waals surface area contributed by atoms with Crippen molar-refractivity contribution in [3.05, 3.63) is 29.8 Å². The first-order chi connectivity index (χ1) is 15.5. The monoisotopic (exact) mass is 490 g/mol. The molecule has 0 aromatic heterocycles. The van der Waals surface area contributed by atoms with Gasteiger partial charge in [0.25, 0.3) is 5.91 Å². The summed E-state index contributed by atoms with van der Waals surface area (Å²) in [6.07, 6.45) is -1.24. The highest BCUT2D eigenvalue weighted by Gasteiger charge is 2.36. The van der Waals surface area contributed by atoms with Crippen LogP contribution in [0.5, 0.6) is 0 Å². The lowest BCUT2D eigenvalue weighted by molar-refractivity contribution is -0.163. The van der Waals surface area contributed by atoms with Crippen LogP contribution in [0.2, 0.25) is 0 Å². The van der Waals surface area contributed by atoms with E-state index in [0.717, 1.165) is 48.2 Å². The highest BCUT2D eigenvalue weighted by molar-refractivity contribution is 7.89. The van der Waals surface area contributed by atoms with Crippen molar-refractivity contribution in [3.8, 4) is 0 Å². The van der Waals surface area contributed by atoms with Crippen molar-refractivity contribution in [3.63, 3.8) is 0 Å². The Bertz CT molecular complexity index is 951. The molecule has 2 aliphatic heterocycles. The van der Waals surface area contributed by atoms with Crippen LogP contribution < -0.4 is 0 Å². The van der Waals surface area contributed by atoms with E-state index in [0.29, 0.717) is 19.2 Å². The van der Waals surface area contributed by atoms with Gasteiger partial charge in [-0.2, -0.15) is 17.5 Å². The number of amides is 1. The summed E-state index contributed by atoms with van der Waals surface area (Å²) < 4.78 is 70.9. The SMILES string of the molecule is CC(OC(=O)C1CCN(S(=O)(=O)c2cccc(C(F)(F)F)c2)CC1)C(=O)N1CCCCCC1. The standard InChI is InChI=1S/C22H29F3N2O5S/c1-16(20(28)26-11-4-2-3-5-12-26)32-21(29)17-9-13-27(14-10-17)33(30,31)19-8-6-7-18(15-19)22(23,24)25/h6-8,15-17H,2-5,9-14H2,1H3. The maximum absolute atomic E-state index is 13.0. The van der Waals surface area contributed by atoms with Crippen molar-refractivity contribution in [1.29, 1.82) is 0 Å². The molecule has 1 atom stereocenters. The number of ether oxygens (including phenoxy) is 1. The molecule has 0 bridgehead atoms. The minimum Gasteiger partial charge on any atom is -0.452 e. The molecule has 0 saturated carbocycles. The zero-order valence-electron chi connectivity index (χ0n) is 18.5. The van der Waals surface area contributed by atoms with Gasteiger partial charge in [0.15, 0.2) is 6.10 Å². The zero-order valence-corrected chi connectivity index (χ0v) is 19.3. The van der Waals surface area contributed by atoms with E-state index in [9.17, 15) is 31.2 Å². The van der Waals surface area contributed by atoms with E-state index < -0.39 is 44.6 Å². The van der Waals surface area contributed by atoms with Gasteiger partial charge in [-0.15, -0.1) is 0 Å². The van der Waals surface area contributed by atoms with Gasteiger partial charge in [0, 0.05) is 26.2 Å². The highest BCUT2D eigenvalue weighted by atomic mass is 32.2. The lowest BCUT2D eigenvalue weighted by Gasteiger charge is -2.31. The molecular formula is C22H29F3N2O5S. The topological polar surface area (TPSA) is 84.0 Å². The molecule has 1 unspecified atom stereocenters. The van der Waals surface area contributed by atoms with Crippen LogP contribution >= 0.6 is 0 Å². The molecule has 0 spiro atoms. The molecule has 3 rings (SSSR count). The maximum Gasteiger partial charge on any atom is 0.416 e. The fourth-order valence-electron chi connectivity index (χ4n) is 4.18. The third-order valence-corrected chi connectivity index (χ3v) is 8.04. The number of carbonyl (C=O) groups excluding carboxylic acids is 2. The van der Waals surface area contributed by atoms with Gasteiger partial charge in [0.1, 0.15) is 0 Å². The Morgan fingerprint density at radius 1 is 1.03 bits per heavy atom. The van der Waals surface area contributed by atoms with E-state index >= 15 is 0 Å². The van der Waals surface area contributed by atoms with Gasteiger partial charge in [-0.3, -0.25) is 9.59 Å². The zero-order chi connectivity index (χ0) is 24.2. The molecular weight excluding hydrogens is 461 g/mol. The number of alkyl halides is 3. The summed E-state index contributed by atoms with van der Waals surface area (Å²) in [7, 11) is -4.13. The van der Waals surface area contributed by atoms with Crippen LogP contribution in [0.15, 0.2) is 29.2 Å². The van der Waals surface area contributed by atoms with Crippen LogP contribution in [0.4, 0.5) is 13.2 Å². The molecule has 2 fully saturated rings. The summed E-state index contributed by atoms with van der Waals surface area (Å²) in [5, 5.41) is 0. The van der Waals surface area contributed by atoms with Crippen LogP contribution in [0, 0.1) is 5.92 Å². The first kappa shape index (κ1) is 25.5. The van der Waals surface area contributed by atoms with Gasteiger partial charge in [-0.25, -0.2) is 8.42 Å². The first-order valence-electron chi connectivity index (χ1n) is 11.2. The average molecular weight is 491 g/mol. The third kappa shape index (κ3) is 6.26. The molecule has 1 aromatic carbocycles. The lowest BCUT2D eigenvalue weighted by Crippen LogP contribution is -2.43. The summed E-state index contributed by atoms with van der Waals surface area (Å²) in [4.78, 5) is 26.4. The van der Waals surface area contributed by atoms with Gasteiger partial charge in [-0.05, 0) is 50.8 Å². The van der Waals surface area contributed by atoms with E-state index in [2.05, 4.69) is 0 Å². The molecule has 1 amide bonds. The Balaban J connectivity index is 1.56. The number of rotatable bonds is 5. The lowest BCUT2D eigenvalue weighted by atomic mass is 9.98. The van der Waals surface area contributed by atoms with Crippen LogP contribution in [0.1, 0.15) is 51.0 Å². The molecule has 0 aliphatic carbocycles. The smallest absolute Gasteiger partial charge is 0.416 e. The minimum atomic E-state index is -4.65. The summed E-state index contributed by atoms with van der Waals surface area (Å²) in [5.41, 5.74) is -1.04. The average Bonchev–Trinajstić information content (AvgIpc) is 3.07. The van der Waals surface area contributed by atoms with E-state index in [4.69, 9.17) is 4.74 Å². The first-order valence-corrected chi connectivity index (χ1v) is 12.6. The van der Waals surface area contributed by atoms with Gasteiger partial charge in [0.2, 0.25) is 10.0 Å². The van der Waals surface area contributed by atoms with Crippen molar-refractivity contribution < 1.29 is 35.9 Å². The summed E-state index contributed by atoms with van der Waals surface area (Å²) in [6.45, 7) is 2.79. The van der Waals surface area contributed by atoms with E-state index in [1.54, 1.807) is 11.8 Å². The Kier molecular flexibility index (Phi) is 8.04. The number of benzene rings is 1. The number of sulfonamides is 1. The number of likely N-dealkylation sites (tertiary alicyclic amines) is 1. The summed E-state index contributed by atoms with van der Waals surface area (Å²) in [6, 6.07) is 3.62. The summed E-state index contributed by atoms with van der Waals surface area (Å²) >= 11 is 0. The predicted octanol–water partition coefficient (Wildman–Crippen LogP) is 3.44. The van der Waals surface area contributed by atoms with E-state index in [1.807, 2.05) is 0 Å². The Morgan fingerprint density at radius 3 is 2.21 bits per heavy atom. The highest BCUT2D eigenvalue weighted by Crippen LogP contribution is 2.32. The second kappa shape index (κ2) is 10.4. The van der Waals surface area contributed by atoms with Crippen LogP contribution in [-0.2, 0) is 30.5 Å². The number of piperidine rings is 1. The van der Waals surface area contributed by atoms with Gasteiger partial charge in [0.05, 0.1) is 16.4 Å². The van der Waals surface area contributed by atoms with E-state index in [1.165, 1.54) is 0 Å². The number of esters is 1. The van der Waals surface area contributed by atoms with Gasteiger partial charge < -0.3 is 9.64 Å². The Labute approximate surface area is 191 Å². The van der Waals surface area contributed by atoms with Crippen molar-refractivity contribution in [2.45, 2.75) is 62.6 Å². The molecule has 184 valence electrons. The molecule has 2 saturated heterocycles. The molecule has 1 aromatic rings. The Morgan fingerprint density at radius 2 is 1.64 bits per heavy atom. The second-order valence-electron chi connectivity index (χ2n) is 8.52. The van der Waals surface area contributed by atoms with Crippen LogP contribution in [0.3, 0.4) is 0 Å². The van der Waals surface area contributed by atoms with Gasteiger partial charge in [-0.1, -0.05) is 18.9 Å². The normalized spacial score (nSPS) is 20.2. The van der Waals surface area contributed by atoms with Crippen LogP contribution in [-0.4, -0.2) is 61.8 Å². The predicted molar refractivity (Wildman–Crippen MR) is 114 cm³/mol. The minimum absolute atomic E-state index is 0.0210. The van der Waals surface area contributed by atoms with Gasteiger partial charge >= 0.3 is 12.1 Å². The van der Waals surface area contributed by atoms with Crippen LogP contribution in [0.25, 0.3) is 0 Å². The molecule has 33 heavy (non-hydrogen) atoms. The maximum atomic E-state index is 13.0. The third-order valence-electron chi connectivity index (χ3n) is 6.14. The molecule has 11 heteroatoms. The Hall–Kier alpha value is -2.14. The number of carbonyl (C=O) groups is 2. The molecule has 2 heterocycles. The van der Waals surface area contributed by atoms with Crippen molar-refractivity contribution >= 4 is 21.9 Å². The number of nitrogens with zero attached hydrogens (tertiary/aromatic N) is 2. The fraction of sp³-hybridized carbons (Fsp3) is 0.636. The van der Waals surface area contributed by atoms with Crippen molar-refractivity contribution in [2.24, 2.45) is 5.92 Å². The molecule has 0 N–H and O–H groups in total. The number of halogens is 3. The second-order valence-corrected chi connectivity index (χ2v) is 10.5.